The number of amides is 1. The molecular weight excluding hydrogens is 359 g/mol. The lowest BCUT2D eigenvalue weighted by molar-refractivity contribution is 0.102. The van der Waals surface area contributed by atoms with Crippen molar-refractivity contribution < 1.29 is 4.79 Å². The minimum Gasteiger partial charge on any atom is -0.324 e. The number of nitrogens with one attached hydrogen (secondary N) is 2. The van der Waals surface area contributed by atoms with Crippen LogP contribution in [0.4, 0.5) is 17.3 Å². The molecule has 2 N–H and O–H groups in total. The predicted molar refractivity (Wildman–Crippen MR) is 101 cm³/mol. The molecule has 25 heavy (non-hydrogen) atoms. The van der Waals surface area contributed by atoms with E-state index in [1.807, 2.05) is 31.2 Å². The summed E-state index contributed by atoms with van der Waals surface area (Å²) >= 11 is 12.0. The van der Waals surface area contributed by atoms with Crippen molar-refractivity contribution in [1.29, 1.82) is 0 Å². The molecule has 0 aliphatic rings. The number of benzene rings is 2. The number of carbonyl (C=O) groups is 1. The van der Waals surface area contributed by atoms with Gasteiger partial charge in [0.05, 0.1) is 21.3 Å². The lowest BCUT2D eigenvalue weighted by Crippen LogP contribution is -2.13. The van der Waals surface area contributed by atoms with Gasteiger partial charge >= 0.3 is 0 Å². The van der Waals surface area contributed by atoms with E-state index in [9.17, 15) is 4.79 Å². The number of hydrogen-bond donors (Lipinski definition) is 2. The van der Waals surface area contributed by atoms with Crippen LogP contribution in [0.15, 0.2) is 54.9 Å². The van der Waals surface area contributed by atoms with Crippen LogP contribution >= 0.6 is 23.2 Å². The Morgan fingerprint density at radius 2 is 1.76 bits per heavy atom. The number of anilines is 3. The van der Waals surface area contributed by atoms with Crippen molar-refractivity contribution in [2.45, 2.75) is 6.92 Å². The Labute approximate surface area is 155 Å². The molecule has 1 aromatic heterocycles. The second kappa shape index (κ2) is 7.51. The SMILES string of the molecule is Cc1cccc(Nc2ncc(C(=O)Nc3cccc(Cl)c3Cl)cn2)c1. The van der Waals surface area contributed by atoms with E-state index >= 15 is 0 Å². The molecule has 0 spiro atoms. The molecule has 3 aromatic rings. The van der Waals surface area contributed by atoms with Gasteiger partial charge in [-0.1, -0.05) is 41.4 Å². The van der Waals surface area contributed by atoms with E-state index in [2.05, 4.69) is 20.6 Å². The summed E-state index contributed by atoms with van der Waals surface area (Å²) in [6.45, 7) is 2.00. The number of aryl methyl sites for hydroxylation is 1. The van der Waals surface area contributed by atoms with Gasteiger partial charge in [-0.05, 0) is 36.8 Å². The van der Waals surface area contributed by atoms with Gasteiger partial charge in [-0.15, -0.1) is 0 Å². The Bertz CT molecular complexity index is 913. The van der Waals surface area contributed by atoms with E-state index in [0.29, 0.717) is 22.2 Å². The summed E-state index contributed by atoms with van der Waals surface area (Å²) in [5.41, 5.74) is 2.74. The van der Waals surface area contributed by atoms with Crippen molar-refractivity contribution >= 4 is 46.4 Å². The number of carbonyl (C=O) groups excluding carboxylic acids is 1. The van der Waals surface area contributed by atoms with E-state index in [1.165, 1.54) is 12.4 Å². The molecule has 2 aromatic carbocycles. The fourth-order valence-electron chi connectivity index (χ4n) is 2.16. The van der Waals surface area contributed by atoms with Gasteiger partial charge in [-0.3, -0.25) is 4.79 Å². The maximum atomic E-state index is 12.3. The van der Waals surface area contributed by atoms with Crippen LogP contribution in [0.1, 0.15) is 15.9 Å². The van der Waals surface area contributed by atoms with Crippen molar-refractivity contribution in [2.24, 2.45) is 0 Å². The number of hydrogen-bond acceptors (Lipinski definition) is 4. The molecule has 0 saturated heterocycles. The third-order valence-electron chi connectivity index (χ3n) is 3.39. The van der Waals surface area contributed by atoms with Gasteiger partial charge in [0.15, 0.2) is 0 Å². The van der Waals surface area contributed by atoms with Gasteiger partial charge < -0.3 is 10.6 Å². The van der Waals surface area contributed by atoms with Crippen LogP contribution in [-0.2, 0) is 0 Å². The van der Waals surface area contributed by atoms with Crippen molar-refractivity contribution in [1.82, 2.24) is 9.97 Å². The van der Waals surface area contributed by atoms with Crippen molar-refractivity contribution in [3.8, 4) is 0 Å². The summed E-state index contributed by atoms with van der Waals surface area (Å²) in [4.78, 5) is 20.6. The molecule has 0 atom stereocenters. The Hall–Kier alpha value is -2.63. The molecule has 0 fully saturated rings. The topological polar surface area (TPSA) is 66.9 Å². The summed E-state index contributed by atoms with van der Waals surface area (Å²) < 4.78 is 0. The summed E-state index contributed by atoms with van der Waals surface area (Å²) in [6.07, 6.45) is 2.89. The summed E-state index contributed by atoms with van der Waals surface area (Å²) in [5.74, 6) is 0.0363. The van der Waals surface area contributed by atoms with Crippen LogP contribution < -0.4 is 10.6 Å². The molecule has 0 unspecified atom stereocenters. The number of rotatable bonds is 4. The fourth-order valence-corrected chi connectivity index (χ4v) is 2.50. The summed E-state index contributed by atoms with van der Waals surface area (Å²) in [6, 6.07) is 12.8. The van der Waals surface area contributed by atoms with Crippen LogP contribution in [0.3, 0.4) is 0 Å². The van der Waals surface area contributed by atoms with E-state index in [-0.39, 0.29) is 10.9 Å². The number of aromatic nitrogens is 2. The minimum atomic E-state index is -0.369. The van der Waals surface area contributed by atoms with Crippen LogP contribution in [0.25, 0.3) is 0 Å². The van der Waals surface area contributed by atoms with Crippen molar-refractivity contribution in [3.63, 3.8) is 0 Å². The highest BCUT2D eigenvalue weighted by atomic mass is 35.5. The first-order chi connectivity index (χ1) is 12.0. The maximum Gasteiger partial charge on any atom is 0.258 e. The molecule has 7 heteroatoms. The molecular formula is C18H14Cl2N4O. The largest absolute Gasteiger partial charge is 0.324 e. The van der Waals surface area contributed by atoms with Crippen molar-refractivity contribution in [3.05, 3.63) is 76.0 Å². The average molecular weight is 373 g/mol. The Balaban J connectivity index is 1.71. The van der Waals surface area contributed by atoms with Crippen LogP contribution in [0, 0.1) is 6.92 Å². The molecule has 3 rings (SSSR count). The highest BCUT2D eigenvalue weighted by molar-refractivity contribution is 6.44. The number of halogens is 2. The van der Waals surface area contributed by atoms with Crippen LogP contribution in [0.5, 0.6) is 0 Å². The van der Waals surface area contributed by atoms with Crippen molar-refractivity contribution in [2.75, 3.05) is 10.6 Å². The zero-order valence-electron chi connectivity index (χ0n) is 13.3. The van der Waals surface area contributed by atoms with E-state index in [1.54, 1.807) is 18.2 Å². The van der Waals surface area contributed by atoms with E-state index in [4.69, 9.17) is 23.2 Å². The third kappa shape index (κ3) is 4.26. The minimum absolute atomic E-state index is 0.288. The van der Waals surface area contributed by atoms with Gasteiger partial charge in [0.2, 0.25) is 5.95 Å². The molecule has 0 bridgehead atoms. The lowest BCUT2D eigenvalue weighted by Gasteiger charge is -2.09. The molecule has 0 aliphatic heterocycles. The summed E-state index contributed by atoms with van der Waals surface area (Å²) in [5, 5.41) is 6.43. The zero-order chi connectivity index (χ0) is 17.8. The molecule has 5 nitrogen and oxygen atoms in total. The van der Waals surface area contributed by atoms with Crippen LogP contribution in [-0.4, -0.2) is 15.9 Å². The van der Waals surface area contributed by atoms with Gasteiger partial charge in [-0.25, -0.2) is 9.97 Å². The Kier molecular flexibility index (Phi) is 5.16. The first-order valence-electron chi connectivity index (χ1n) is 7.44. The van der Waals surface area contributed by atoms with E-state index in [0.717, 1.165) is 11.3 Å². The quantitative estimate of drug-likeness (QED) is 0.669. The molecule has 0 aliphatic carbocycles. The second-order valence-electron chi connectivity index (χ2n) is 5.35. The highest BCUT2D eigenvalue weighted by Gasteiger charge is 2.11. The molecule has 126 valence electrons. The third-order valence-corrected chi connectivity index (χ3v) is 4.21. The average Bonchev–Trinajstić information content (AvgIpc) is 2.59. The van der Waals surface area contributed by atoms with E-state index < -0.39 is 0 Å². The van der Waals surface area contributed by atoms with Crippen LogP contribution in [0.2, 0.25) is 10.0 Å². The van der Waals surface area contributed by atoms with Gasteiger partial charge in [0.1, 0.15) is 0 Å². The second-order valence-corrected chi connectivity index (χ2v) is 6.13. The maximum absolute atomic E-state index is 12.3. The Morgan fingerprint density at radius 3 is 2.48 bits per heavy atom. The summed E-state index contributed by atoms with van der Waals surface area (Å²) in [7, 11) is 0. The standard InChI is InChI=1S/C18H14Cl2N4O/c1-11-4-2-5-13(8-11)23-18-21-9-12(10-22-18)17(25)24-15-7-3-6-14(19)16(15)20/h2-10H,1H3,(H,24,25)(H,21,22,23). The smallest absolute Gasteiger partial charge is 0.258 e. The molecule has 0 radical (unpaired) electrons. The molecule has 0 saturated carbocycles. The fraction of sp³-hybridized carbons (Fsp3) is 0.0556. The highest BCUT2D eigenvalue weighted by Crippen LogP contribution is 2.29. The lowest BCUT2D eigenvalue weighted by atomic mass is 10.2. The molecule has 1 heterocycles. The first-order valence-corrected chi connectivity index (χ1v) is 8.19. The molecule has 1 amide bonds. The predicted octanol–water partition coefficient (Wildman–Crippen LogP) is 5.09. The Morgan fingerprint density at radius 1 is 1.04 bits per heavy atom. The van der Waals surface area contributed by atoms with Gasteiger partial charge in [-0.2, -0.15) is 0 Å². The normalized spacial score (nSPS) is 10.4. The van der Waals surface area contributed by atoms with Gasteiger partial charge in [0, 0.05) is 18.1 Å². The van der Waals surface area contributed by atoms with Gasteiger partial charge in [0.25, 0.3) is 5.91 Å². The number of nitrogens with zero attached hydrogens (tertiary/aromatic N) is 2. The monoisotopic (exact) mass is 372 g/mol. The first kappa shape index (κ1) is 17.2. The zero-order valence-corrected chi connectivity index (χ0v) is 14.8.